The van der Waals surface area contributed by atoms with Crippen molar-refractivity contribution in [2.24, 2.45) is 34.5 Å². The van der Waals surface area contributed by atoms with Crippen LogP contribution < -0.4 is 0 Å². The van der Waals surface area contributed by atoms with Gasteiger partial charge in [-0.05, 0) is 111 Å². The molecule has 140 valence electrons. The molecule has 4 aliphatic rings. The van der Waals surface area contributed by atoms with Crippen LogP contribution >= 0.6 is 12.6 Å². The van der Waals surface area contributed by atoms with Gasteiger partial charge in [0.2, 0.25) is 0 Å². The van der Waals surface area contributed by atoms with Gasteiger partial charge in [0.25, 0.3) is 0 Å². The van der Waals surface area contributed by atoms with E-state index in [-0.39, 0.29) is 0 Å². The first-order chi connectivity index (χ1) is 12.0. The highest BCUT2D eigenvalue weighted by Crippen LogP contribution is 2.67. The van der Waals surface area contributed by atoms with Crippen LogP contribution in [0.4, 0.5) is 0 Å². The van der Waals surface area contributed by atoms with Gasteiger partial charge in [-0.25, -0.2) is 0 Å². The Morgan fingerprint density at radius 2 is 1.96 bits per heavy atom. The summed E-state index contributed by atoms with van der Waals surface area (Å²) in [6, 6.07) is 0. The molecule has 4 rings (SSSR count). The van der Waals surface area contributed by atoms with E-state index in [1.165, 1.54) is 70.6 Å². The van der Waals surface area contributed by atoms with E-state index in [2.05, 4.69) is 39.1 Å². The highest BCUT2D eigenvalue weighted by Gasteiger charge is 2.57. The van der Waals surface area contributed by atoms with Crippen LogP contribution in [-0.4, -0.2) is 5.75 Å². The molecule has 0 amide bonds. The molecule has 0 nitrogen and oxygen atoms in total. The number of rotatable bonds is 4. The second-order valence-corrected chi connectivity index (χ2v) is 10.7. The topological polar surface area (TPSA) is 0 Å². The van der Waals surface area contributed by atoms with Crippen LogP contribution in [0.25, 0.3) is 0 Å². The Labute approximate surface area is 161 Å². The van der Waals surface area contributed by atoms with Crippen LogP contribution in [0.1, 0.15) is 84.5 Å². The highest BCUT2D eigenvalue weighted by atomic mass is 32.1. The molecule has 3 saturated carbocycles. The number of unbranched alkanes of at least 4 members (excludes halogenated alkanes) is 1. The lowest BCUT2D eigenvalue weighted by Crippen LogP contribution is -2.51. The summed E-state index contributed by atoms with van der Waals surface area (Å²) >= 11 is 4.38. The minimum Gasteiger partial charge on any atom is -0.179 e. The van der Waals surface area contributed by atoms with Gasteiger partial charge in [0, 0.05) is 0 Å². The van der Waals surface area contributed by atoms with Crippen molar-refractivity contribution in [2.75, 3.05) is 5.75 Å². The van der Waals surface area contributed by atoms with Gasteiger partial charge in [-0.3, -0.25) is 0 Å². The maximum absolute atomic E-state index is 4.48. The molecule has 0 radical (unpaired) electrons. The Kier molecular flexibility index (Phi) is 4.93. The van der Waals surface area contributed by atoms with E-state index >= 15 is 0 Å². The lowest BCUT2D eigenvalue weighted by atomic mass is 9.45. The summed E-state index contributed by atoms with van der Waals surface area (Å²) in [4.78, 5) is 0. The summed E-state index contributed by atoms with van der Waals surface area (Å²) in [7, 11) is 0. The van der Waals surface area contributed by atoms with Crippen molar-refractivity contribution < 1.29 is 0 Å². The zero-order valence-electron chi connectivity index (χ0n) is 16.5. The fraction of sp³-hybridized carbons (Fsp3) is 0.833. The second kappa shape index (κ2) is 6.77. The van der Waals surface area contributed by atoms with Gasteiger partial charge in [0.1, 0.15) is 0 Å². The number of thiol groups is 1. The lowest BCUT2D eigenvalue weighted by molar-refractivity contribution is -0.0817. The van der Waals surface area contributed by atoms with Gasteiger partial charge < -0.3 is 0 Å². The third kappa shape index (κ3) is 2.88. The van der Waals surface area contributed by atoms with Crippen LogP contribution in [-0.2, 0) is 0 Å². The van der Waals surface area contributed by atoms with E-state index < -0.39 is 0 Å². The predicted molar refractivity (Wildman–Crippen MR) is 112 cm³/mol. The minimum atomic E-state index is 0.479. The van der Waals surface area contributed by atoms with Crippen molar-refractivity contribution in [1.82, 2.24) is 0 Å². The summed E-state index contributed by atoms with van der Waals surface area (Å²) in [6.07, 6.45) is 18.0. The van der Waals surface area contributed by atoms with Crippen molar-refractivity contribution in [3.05, 3.63) is 23.8 Å². The smallest absolute Gasteiger partial charge is 0.00879 e. The average molecular weight is 359 g/mol. The maximum Gasteiger partial charge on any atom is -0.00879 e. The van der Waals surface area contributed by atoms with E-state index in [1.807, 2.05) is 0 Å². The van der Waals surface area contributed by atoms with Crippen LogP contribution in [0.3, 0.4) is 0 Å². The normalized spacial score (nSPS) is 46.2. The Bertz CT molecular complexity index is 560. The molecule has 4 unspecified atom stereocenters. The summed E-state index contributed by atoms with van der Waals surface area (Å²) in [5.41, 5.74) is 4.42. The third-order valence-electron chi connectivity index (χ3n) is 9.26. The monoisotopic (exact) mass is 358 g/mol. The maximum atomic E-state index is 4.48. The molecule has 0 aromatic rings. The molecule has 6 atom stereocenters. The Morgan fingerprint density at radius 1 is 1.12 bits per heavy atom. The van der Waals surface area contributed by atoms with E-state index in [9.17, 15) is 0 Å². The molecule has 0 saturated heterocycles. The Balaban J connectivity index is 1.51. The van der Waals surface area contributed by atoms with Crippen LogP contribution in [0.2, 0.25) is 0 Å². The molecule has 0 spiro atoms. The van der Waals surface area contributed by atoms with Gasteiger partial charge in [-0.1, -0.05) is 37.6 Å². The number of hydrogen-bond acceptors (Lipinski definition) is 1. The minimum absolute atomic E-state index is 0.479. The quantitative estimate of drug-likeness (QED) is 0.306. The fourth-order valence-corrected chi connectivity index (χ4v) is 7.75. The largest absolute Gasteiger partial charge is 0.179 e. The van der Waals surface area contributed by atoms with Crippen LogP contribution in [0.15, 0.2) is 23.8 Å². The molecule has 0 aliphatic heterocycles. The number of hydrogen-bond donors (Lipinski definition) is 1. The SMILES string of the molecule is C=C1CCC2C3CCC4CC(CCCCS)=CC[C@]4(C)C3CC[C@]12C. The Morgan fingerprint density at radius 3 is 2.76 bits per heavy atom. The molecule has 1 heteroatoms. The zero-order valence-corrected chi connectivity index (χ0v) is 17.4. The predicted octanol–water partition coefficient (Wildman–Crippen LogP) is 7.22. The summed E-state index contributed by atoms with van der Waals surface area (Å²) in [5, 5.41) is 0. The van der Waals surface area contributed by atoms with Gasteiger partial charge in [-0.15, -0.1) is 0 Å². The molecule has 0 aromatic carbocycles. The Hall–Kier alpha value is -0.170. The molecule has 25 heavy (non-hydrogen) atoms. The van der Waals surface area contributed by atoms with Crippen molar-refractivity contribution in [2.45, 2.75) is 84.5 Å². The van der Waals surface area contributed by atoms with E-state index in [1.54, 1.807) is 11.1 Å². The van der Waals surface area contributed by atoms with Crippen molar-refractivity contribution >= 4 is 12.6 Å². The number of fused-ring (bicyclic) bond motifs is 5. The first kappa shape index (κ1) is 18.2. The highest BCUT2D eigenvalue weighted by molar-refractivity contribution is 7.80. The van der Waals surface area contributed by atoms with E-state index in [0.717, 1.165) is 29.4 Å². The summed E-state index contributed by atoms with van der Waals surface area (Å²) in [5.74, 6) is 4.91. The van der Waals surface area contributed by atoms with Crippen molar-refractivity contribution in [3.63, 3.8) is 0 Å². The average Bonchev–Trinajstić information content (AvgIpc) is 2.90. The molecule has 3 fully saturated rings. The van der Waals surface area contributed by atoms with Gasteiger partial charge in [0.05, 0.1) is 0 Å². The second-order valence-electron chi connectivity index (χ2n) is 10.2. The molecule has 0 N–H and O–H groups in total. The molecule has 0 aromatic heterocycles. The standard InChI is InChI=1S/C24H38S/c1-17-7-10-21-20-9-8-19-16-18(6-4-5-15-25)11-13-24(19,3)22(20)12-14-23(17,21)2/h11,19-22,25H,1,4-10,12-16H2,2-3H3/t19?,20?,21?,22?,23-,24+/m1/s1. The van der Waals surface area contributed by atoms with Crippen LogP contribution in [0.5, 0.6) is 0 Å². The first-order valence-electron chi connectivity index (χ1n) is 11.0. The first-order valence-corrected chi connectivity index (χ1v) is 11.6. The van der Waals surface area contributed by atoms with Gasteiger partial charge >= 0.3 is 0 Å². The van der Waals surface area contributed by atoms with E-state index in [0.29, 0.717) is 10.8 Å². The molecular formula is C24H38S. The molecule has 0 heterocycles. The van der Waals surface area contributed by atoms with E-state index in [4.69, 9.17) is 0 Å². The van der Waals surface area contributed by atoms with Gasteiger partial charge in [-0.2, -0.15) is 12.6 Å². The van der Waals surface area contributed by atoms with Crippen LogP contribution in [0, 0.1) is 34.5 Å². The van der Waals surface area contributed by atoms with Crippen molar-refractivity contribution in [1.29, 1.82) is 0 Å². The fourth-order valence-electron chi connectivity index (χ4n) is 7.53. The summed E-state index contributed by atoms with van der Waals surface area (Å²) in [6.45, 7) is 9.70. The lowest BCUT2D eigenvalue weighted by Gasteiger charge is -2.59. The molecule has 4 aliphatic carbocycles. The molecular weight excluding hydrogens is 320 g/mol. The zero-order chi connectivity index (χ0) is 17.7. The van der Waals surface area contributed by atoms with Gasteiger partial charge in [0.15, 0.2) is 0 Å². The van der Waals surface area contributed by atoms with Crippen molar-refractivity contribution in [3.8, 4) is 0 Å². The third-order valence-corrected chi connectivity index (χ3v) is 9.58. The summed E-state index contributed by atoms with van der Waals surface area (Å²) < 4.78 is 0. The molecule has 0 bridgehead atoms. The number of allylic oxidation sites excluding steroid dienone is 3.